The zero-order valence-electron chi connectivity index (χ0n) is 12.7. The van der Waals surface area contributed by atoms with Crippen LogP contribution in [0.4, 0.5) is 0 Å². The molecule has 2 rings (SSSR count). The minimum atomic E-state index is -0.268. The summed E-state index contributed by atoms with van der Waals surface area (Å²) in [5.41, 5.74) is 1.02. The minimum Gasteiger partial charge on any atom is -0.497 e. The van der Waals surface area contributed by atoms with Crippen LogP contribution in [0.1, 0.15) is 5.56 Å². The number of amides is 1. The predicted molar refractivity (Wildman–Crippen MR) is 78.6 cm³/mol. The maximum absolute atomic E-state index is 12.0. The Kier molecular flexibility index (Phi) is 5.41. The topological polar surface area (TPSA) is 60.0 Å². The van der Waals surface area contributed by atoms with E-state index in [4.69, 9.17) is 14.2 Å². The van der Waals surface area contributed by atoms with Crippen LogP contribution < -0.4 is 14.8 Å². The molecule has 0 bridgehead atoms. The highest BCUT2D eigenvalue weighted by Crippen LogP contribution is 2.26. The van der Waals surface area contributed by atoms with Gasteiger partial charge in [0.2, 0.25) is 5.91 Å². The molecule has 1 aromatic rings. The van der Waals surface area contributed by atoms with Crippen molar-refractivity contribution < 1.29 is 19.0 Å². The molecule has 0 saturated carbocycles. The lowest BCUT2D eigenvalue weighted by Crippen LogP contribution is -2.56. The first-order chi connectivity index (χ1) is 10.2. The lowest BCUT2D eigenvalue weighted by molar-refractivity contribution is -0.131. The highest BCUT2D eigenvalue weighted by Gasteiger charge is 2.30. The number of rotatable bonds is 6. The van der Waals surface area contributed by atoms with Gasteiger partial charge in [0.05, 0.1) is 20.8 Å². The third-order valence-electron chi connectivity index (χ3n) is 3.63. The number of methoxy groups -OCH3 is 3. The summed E-state index contributed by atoms with van der Waals surface area (Å²) >= 11 is 0. The molecule has 1 aliphatic rings. The summed E-state index contributed by atoms with van der Waals surface area (Å²) in [5.74, 6) is 1.52. The summed E-state index contributed by atoms with van der Waals surface area (Å²) in [4.78, 5) is 14.1. The third-order valence-corrected chi connectivity index (χ3v) is 3.63. The molecule has 21 heavy (non-hydrogen) atoms. The van der Waals surface area contributed by atoms with E-state index in [1.54, 1.807) is 21.3 Å². The standard InChI is InChI=1S/C15H22N2O4/c1-19-10-13-15(18)16-6-7-17(13)9-11-4-5-12(20-2)8-14(11)21-3/h4-5,8,13H,6-7,9-10H2,1-3H3,(H,16,18)/t13-/m1/s1. The molecule has 6 heteroatoms. The number of ether oxygens (including phenoxy) is 3. The Bertz CT molecular complexity index is 493. The van der Waals surface area contributed by atoms with Gasteiger partial charge >= 0.3 is 0 Å². The Labute approximate surface area is 125 Å². The number of carbonyl (C=O) groups excluding carboxylic acids is 1. The highest BCUT2D eigenvalue weighted by atomic mass is 16.5. The van der Waals surface area contributed by atoms with E-state index in [9.17, 15) is 4.79 Å². The van der Waals surface area contributed by atoms with Crippen molar-refractivity contribution in [3.8, 4) is 11.5 Å². The van der Waals surface area contributed by atoms with Crippen LogP contribution in [0.2, 0.25) is 0 Å². The summed E-state index contributed by atoms with van der Waals surface area (Å²) < 4.78 is 15.8. The van der Waals surface area contributed by atoms with E-state index in [2.05, 4.69) is 10.2 Å². The predicted octanol–water partition coefficient (Wildman–Crippen LogP) is 0.651. The van der Waals surface area contributed by atoms with E-state index in [0.717, 1.165) is 23.6 Å². The monoisotopic (exact) mass is 294 g/mol. The van der Waals surface area contributed by atoms with Gasteiger partial charge in [-0.2, -0.15) is 0 Å². The molecule has 6 nitrogen and oxygen atoms in total. The van der Waals surface area contributed by atoms with Crippen molar-refractivity contribution in [1.82, 2.24) is 10.2 Å². The van der Waals surface area contributed by atoms with Crippen LogP contribution in [-0.2, 0) is 16.1 Å². The van der Waals surface area contributed by atoms with Gasteiger partial charge in [-0.15, -0.1) is 0 Å². The number of nitrogens with zero attached hydrogens (tertiary/aromatic N) is 1. The fraction of sp³-hybridized carbons (Fsp3) is 0.533. The first-order valence-corrected chi connectivity index (χ1v) is 6.91. The second-order valence-corrected chi connectivity index (χ2v) is 4.91. The van der Waals surface area contributed by atoms with Crippen LogP contribution in [-0.4, -0.2) is 57.9 Å². The molecule has 0 spiro atoms. The van der Waals surface area contributed by atoms with Crippen LogP contribution >= 0.6 is 0 Å². The number of hydrogen-bond donors (Lipinski definition) is 1. The van der Waals surface area contributed by atoms with Crippen LogP contribution in [0.3, 0.4) is 0 Å². The molecular formula is C15H22N2O4. The number of benzene rings is 1. The lowest BCUT2D eigenvalue weighted by atomic mass is 10.1. The van der Waals surface area contributed by atoms with Crippen molar-refractivity contribution in [2.24, 2.45) is 0 Å². The second-order valence-electron chi connectivity index (χ2n) is 4.91. The zero-order valence-corrected chi connectivity index (χ0v) is 12.7. The number of hydrogen-bond acceptors (Lipinski definition) is 5. The molecule has 1 aliphatic heterocycles. The lowest BCUT2D eigenvalue weighted by Gasteiger charge is -2.34. The molecule has 0 radical (unpaired) electrons. The summed E-state index contributed by atoms with van der Waals surface area (Å²) in [5, 5.41) is 2.87. The molecule has 1 aromatic carbocycles. The number of piperazine rings is 1. The van der Waals surface area contributed by atoms with Gasteiger partial charge in [0, 0.05) is 38.4 Å². The maximum atomic E-state index is 12.0. The van der Waals surface area contributed by atoms with Gasteiger partial charge in [-0.3, -0.25) is 9.69 Å². The summed E-state index contributed by atoms with van der Waals surface area (Å²) in [6.07, 6.45) is 0. The molecule has 1 N–H and O–H groups in total. The quantitative estimate of drug-likeness (QED) is 0.835. The molecule has 0 aromatic heterocycles. The fourth-order valence-corrected chi connectivity index (χ4v) is 2.49. The van der Waals surface area contributed by atoms with E-state index in [0.29, 0.717) is 19.7 Å². The minimum absolute atomic E-state index is 0.00979. The van der Waals surface area contributed by atoms with Crippen molar-refractivity contribution in [3.63, 3.8) is 0 Å². The Morgan fingerprint density at radius 2 is 2.10 bits per heavy atom. The smallest absolute Gasteiger partial charge is 0.239 e. The van der Waals surface area contributed by atoms with Crippen molar-refractivity contribution in [2.75, 3.05) is 41.0 Å². The van der Waals surface area contributed by atoms with Crippen LogP contribution in [0.15, 0.2) is 18.2 Å². The first-order valence-electron chi connectivity index (χ1n) is 6.91. The molecule has 0 unspecified atom stereocenters. The Morgan fingerprint density at radius 1 is 1.29 bits per heavy atom. The largest absolute Gasteiger partial charge is 0.497 e. The second kappa shape index (κ2) is 7.28. The first kappa shape index (κ1) is 15.6. The van der Waals surface area contributed by atoms with Crippen molar-refractivity contribution >= 4 is 5.91 Å². The summed E-state index contributed by atoms with van der Waals surface area (Å²) in [7, 11) is 4.86. The van der Waals surface area contributed by atoms with E-state index >= 15 is 0 Å². The van der Waals surface area contributed by atoms with Crippen molar-refractivity contribution in [2.45, 2.75) is 12.6 Å². The number of carbonyl (C=O) groups is 1. The van der Waals surface area contributed by atoms with Crippen molar-refractivity contribution in [1.29, 1.82) is 0 Å². The van der Waals surface area contributed by atoms with Gasteiger partial charge in [0.1, 0.15) is 17.5 Å². The van der Waals surface area contributed by atoms with Crippen LogP contribution in [0.5, 0.6) is 11.5 Å². The Morgan fingerprint density at radius 3 is 2.76 bits per heavy atom. The van der Waals surface area contributed by atoms with E-state index in [1.807, 2.05) is 18.2 Å². The van der Waals surface area contributed by atoms with Gasteiger partial charge in [-0.05, 0) is 6.07 Å². The molecule has 1 fully saturated rings. The molecule has 1 atom stereocenters. The molecule has 0 aliphatic carbocycles. The molecule has 1 heterocycles. The number of nitrogens with one attached hydrogen (secondary N) is 1. The zero-order chi connectivity index (χ0) is 15.2. The van der Waals surface area contributed by atoms with Crippen molar-refractivity contribution in [3.05, 3.63) is 23.8 Å². The SMILES string of the molecule is COC[C@@H]1C(=O)NCCN1Cc1ccc(OC)cc1OC. The van der Waals surface area contributed by atoms with E-state index < -0.39 is 0 Å². The van der Waals surface area contributed by atoms with E-state index in [-0.39, 0.29) is 11.9 Å². The van der Waals surface area contributed by atoms with Gasteiger partial charge in [-0.1, -0.05) is 6.07 Å². The van der Waals surface area contributed by atoms with E-state index in [1.165, 1.54) is 0 Å². The van der Waals surface area contributed by atoms with Gasteiger partial charge in [0.25, 0.3) is 0 Å². The fourth-order valence-electron chi connectivity index (χ4n) is 2.49. The van der Waals surface area contributed by atoms with Crippen LogP contribution in [0.25, 0.3) is 0 Å². The summed E-state index contributed by atoms with van der Waals surface area (Å²) in [6.45, 7) is 2.45. The molecular weight excluding hydrogens is 272 g/mol. The average Bonchev–Trinajstić information content (AvgIpc) is 2.51. The molecule has 1 amide bonds. The normalized spacial score (nSPS) is 19.2. The highest BCUT2D eigenvalue weighted by molar-refractivity contribution is 5.82. The van der Waals surface area contributed by atoms with Gasteiger partial charge in [-0.25, -0.2) is 0 Å². The Balaban J connectivity index is 2.17. The summed E-state index contributed by atoms with van der Waals surface area (Å²) in [6, 6.07) is 5.45. The Hall–Kier alpha value is -1.79. The average molecular weight is 294 g/mol. The van der Waals surface area contributed by atoms with Gasteiger partial charge in [0.15, 0.2) is 0 Å². The molecule has 1 saturated heterocycles. The van der Waals surface area contributed by atoms with Crippen LogP contribution in [0, 0.1) is 0 Å². The maximum Gasteiger partial charge on any atom is 0.239 e. The van der Waals surface area contributed by atoms with Gasteiger partial charge < -0.3 is 19.5 Å². The molecule has 116 valence electrons. The third kappa shape index (κ3) is 3.65.